The van der Waals surface area contributed by atoms with E-state index in [1.54, 1.807) is 4.90 Å². The van der Waals surface area contributed by atoms with Crippen molar-refractivity contribution >= 4 is 18.0 Å². The van der Waals surface area contributed by atoms with E-state index in [4.69, 9.17) is 9.47 Å². The second-order valence-corrected chi connectivity index (χ2v) is 11.3. The van der Waals surface area contributed by atoms with E-state index in [1.807, 2.05) is 25.7 Å². The lowest BCUT2D eigenvalue weighted by atomic mass is 10.1. The standard InChI is InChI=1S/C29H55N3O5/c1-6-7-8-9-10-13-16-19-30(20-17-14-11-12-15-18-27(34)36-5)25-26(33)31-21-23-32(24-22-31)28(35)37-29(2,3)4/h6-25H2,1-5H3. The maximum atomic E-state index is 13.1. The van der Waals surface area contributed by atoms with Gasteiger partial charge < -0.3 is 19.3 Å². The van der Waals surface area contributed by atoms with Gasteiger partial charge in [0.1, 0.15) is 5.60 Å². The number of unbranched alkanes of at least 4 members (excludes halogenated alkanes) is 10. The van der Waals surface area contributed by atoms with Crippen molar-refractivity contribution in [3.8, 4) is 0 Å². The number of esters is 1. The predicted molar refractivity (Wildman–Crippen MR) is 149 cm³/mol. The van der Waals surface area contributed by atoms with Crippen LogP contribution in [-0.2, 0) is 19.1 Å². The van der Waals surface area contributed by atoms with Gasteiger partial charge in [-0.3, -0.25) is 14.5 Å². The second kappa shape index (κ2) is 19.3. The lowest BCUT2D eigenvalue weighted by Crippen LogP contribution is -2.53. The van der Waals surface area contributed by atoms with E-state index in [-0.39, 0.29) is 18.0 Å². The largest absolute Gasteiger partial charge is 0.469 e. The van der Waals surface area contributed by atoms with E-state index in [0.717, 1.165) is 51.6 Å². The molecule has 0 unspecified atom stereocenters. The van der Waals surface area contributed by atoms with E-state index >= 15 is 0 Å². The van der Waals surface area contributed by atoms with Crippen LogP contribution in [0.15, 0.2) is 0 Å². The molecule has 0 aromatic heterocycles. The molecule has 216 valence electrons. The molecule has 8 nitrogen and oxygen atoms in total. The summed E-state index contributed by atoms with van der Waals surface area (Å²) < 4.78 is 10.2. The van der Waals surface area contributed by atoms with E-state index in [9.17, 15) is 14.4 Å². The summed E-state index contributed by atoms with van der Waals surface area (Å²) in [6, 6.07) is 0. The molecule has 0 aliphatic carbocycles. The highest BCUT2D eigenvalue weighted by Gasteiger charge is 2.28. The summed E-state index contributed by atoms with van der Waals surface area (Å²) in [7, 11) is 1.43. The van der Waals surface area contributed by atoms with Crippen LogP contribution in [0.2, 0.25) is 0 Å². The van der Waals surface area contributed by atoms with Gasteiger partial charge in [0.15, 0.2) is 0 Å². The monoisotopic (exact) mass is 525 g/mol. The van der Waals surface area contributed by atoms with Crippen LogP contribution in [0.25, 0.3) is 0 Å². The number of carbonyl (C=O) groups is 3. The molecule has 1 rings (SSSR count). The second-order valence-electron chi connectivity index (χ2n) is 11.3. The number of nitrogens with zero attached hydrogens (tertiary/aromatic N) is 3. The van der Waals surface area contributed by atoms with Crippen LogP contribution in [0.4, 0.5) is 4.79 Å². The van der Waals surface area contributed by atoms with Crippen molar-refractivity contribution < 1.29 is 23.9 Å². The summed E-state index contributed by atoms with van der Waals surface area (Å²) in [4.78, 5) is 42.6. The topological polar surface area (TPSA) is 79.4 Å². The highest BCUT2D eigenvalue weighted by molar-refractivity contribution is 5.78. The molecule has 2 amide bonds. The third kappa shape index (κ3) is 16.6. The smallest absolute Gasteiger partial charge is 0.410 e. The highest BCUT2D eigenvalue weighted by Crippen LogP contribution is 2.13. The first kappa shape index (κ1) is 33.2. The number of hydrogen-bond acceptors (Lipinski definition) is 6. The van der Waals surface area contributed by atoms with Crippen LogP contribution in [-0.4, -0.2) is 91.2 Å². The zero-order valence-corrected chi connectivity index (χ0v) is 24.5. The molecule has 0 bridgehead atoms. The Bertz CT molecular complexity index is 642. The van der Waals surface area contributed by atoms with Crippen molar-refractivity contribution in [2.24, 2.45) is 0 Å². The average Bonchev–Trinajstić information content (AvgIpc) is 2.86. The Labute approximate surface area is 226 Å². The van der Waals surface area contributed by atoms with Crippen LogP contribution in [0, 0.1) is 0 Å². The number of piperazine rings is 1. The number of ether oxygens (including phenoxy) is 2. The van der Waals surface area contributed by atoms with Gasteiger partial charge in [0, 0.05) is 32.6 Å². The molecule has 8 heteroatoms. The van der Waals surface area contributed by atoms with Gasteiger partial charge in [0.05, 0.1) is 13.7 Å². The van der Waals surface area contributed by atoms with Crippen molar-refractivity contribution in [1.82, 2.24) is 14.7 Å². The summed E-state index contributed by atoms with van der Waals surface area (Å²) in [5.41, 5.74) is -0.512. The van der Waals surface area contributed by atoms with Gasteiger partial charge in [-0.05, 0) is 53.1 Å². The van der Waals surface area contributed by atoms with Gasteiger partial charge in [-0.25, -0.2) is 4.79 Å². The lowest BCUT2D eigenvalue weighted by molar-refractivity contribution is -0.140. The molecule has 1 aliphatic heterocycles. The Morgan fingerprint density at radius 1 is 0.730 bits per heavy atom. The van der Waals surface area contributed by atoms with Crippen molar-refractivity contribution in [2.75, 3.05) is 52.9 Å². The zero-order chi connectivity index (χ0) is 27.5. The summed E-state index contributed by atoms with van der Waals surface area (Å²) in [6.07, 6.45) is 14.2. The lowest BCUT2D eigenvalue weighted by Gasteiger charge is -2.36. The fourth-order valence-electron chi connectivity index (χ4n) is 4.56. The molecule has 0 atom stereocenters. The Morgan fingerprint density at radius 2 is 1.22 bits per heavy atom. The summed E-state index contributed by atoms with van der Waals surface area (Å²) in [6.45, 7) is 12.3. The van der Waals surface area contributed by atoms with Crippen LogP contribution in [0.3, 0.4) is 0 Å². The van der Waals surface area contributed by atoms with Crippen molar-refractivity contribution in [3.05, 3.63) is 0 Å². The minimum absolute atomic E-state index is 0.133. The minimum atomic E-state index is -0.512. The van der Waals surface area contributed by atoms with Crippen LogP contribution >= 0.6 is 0 Å². The fourth-order valence-corrected chi connectivity index (χ4v) is 4.56. The van der Waals surface area contributed by atoms with Crippen molar-refractivity contribution in [3.63, 3.8) is 0 Å². The SMILES string of the molecule is CCCCCCCCCN(CCCCCCCC(=O)OC)CC(=O)N1CCN(C(=O)OC(C)(C)C)CC1. The van der Waals surface area contributed by atoms with Gasteiger partial charge in [-0.2, -0.15) is 0 Å². The Morgan fingerprint density at radius 3 is 1.73 bits per heavy atom. The summed E-state index contributed by atoms with van der Waals surface area (Å²) in [5, 5.41) is 0. The van der Waals surface area contributed by atoms with Crippen LogP contribution in [0.1, 0.15) is 111 Å². The third-order valence-corrected chi connectivity index (χ3v) is 6.80. The summed E-state index contributed by atoms with van der Waals surface area (Å²) >= 11 is 0. The van der Waals surface area contributed by atoms with E-state index in [0.29, 0.717) is 39.1 Å². The Balaban J connectivity index is 2.42. The molecule has 0 radical (unpaired) electrons. The third-order valence-electron chi connectivity index (χ3n) is 6.80. The normalized spacial score (nSPS) is 14.2. The number of carbonyl (C=O) groups excluding carboxylic acids is 3. The molecule has 1 fully saturated rings. The van der Waals surface area contributed by atoms with Gasteiger partial charge in [-0.15, -0.1) is 0 Å². The molecule has 0 spiro atoms. The minimum Gasteiger partial charge on any atom is -0.469 e. The van der Waals surface area contributed by atoms with Crippen LogP contribution in [0.5, 0.6) is 0 Å². The predicted octanol–water partition coefficient (Wildman–Crippen LogP) is 5.63. The van der Waals surface area contributed by atoms with Gasteiger partial charge in [-0.1, -0.05) is 64.7 Å². The zero-order valence-electron chi connectivity index (χ0n) is 24.5. The first-order valence-corrected chi connectivity index (χ1v) is 14.7. The number of amides is 2. The molecule has 0 N–H and O–H groups in total. The first-order chi connectivity index (χ1) is 17.7. The highest BCUT2D eigenvalue weighted by atomic mass is 16.6. The quantitative estimate of drug-likeness (QED) is 0.170. The molecule has 37 heavy (non-hydrogen) atoms. The molecule has 1 aliphatic rings. The van der Waals surface area contributed by atoms with Crippen molar-refractivity contribution in [2.45, 2.75) is 117 Å². The molecule has 0 saturated carbocycles. The number of rotatable bonds is 18. The molecular weight excluding hydrogens is 470 g/mol. The molecule has 0 aromatic carbocycles. The molecule has 1 saturated heterocycles. The van der Waals surface area contributed by atoms with Gasteiger partial charge >= 0.3 is 12.1 Å². The Kier molecular flexibility index (Phi) is 17.3. The fraction of sp³-hybridized carbons (Fsp3) is 0.897. The first-order valence-electron chi connectivity index (χ1n) is 14.7. The van der Waals surface area contributed by atoms with Gasteiger partial charge in [0.25, 0.3) is 0 Å². The average molecular weight is 526 g/mol. The number of methoxy groups -OCH3 is 1. The van der Waals surface area contributed by atoms with E-state index in [1.165, 1.54) is 45.6 Å². The molecule has 0 aromatic rings. The number of hydrogen-bond donors (Lipinski definition) is 0. The van der Waals surface area contributed by atoms with Crippen LogP contribution < -0.4 is 0 Å². The van der Waals surface area contributed by atoms with E-state index < -0.39 is 5.60 Å². The summed E-state index contributed by atoms with van der Waals surface area (Å²) in [5.74, 6) is 0.0242. The van der Waals surface area contributed by atoms with Gasteiger partial charge in [0.2, 0.25) is 5.91 Å². The maximum Gasteiger partial charge on any atom is 0.410 e. The molecular formula is C29H55N3O5. The Hall–Kier alpha value is -1.83. The maximum absolute atomic E-state index is 13.1. The van der Waals surface area contributed by atoms with E-state index in [2.05, 4.69) is 11.8 Å². The molecule has 1 heterocycles. The van der Waals surface area contributed by atoms with Crippen molar-refractivity contribution in [1.29, 1.82) is 0 Å².